The molecule has 0 aliphatic carbocycles. The summed E-state index contributed by atoms with van der Waals surface area (Å²) in [6.07, 6.45) is 4.18. The van der Waals surface area contributed by atoms with Crippen LogP contribution in [-0.4, -0.2) is 34.0 Å². The molecular weight excluding hydrogens is 321 g/mol. The molecule has 0 saturated carbocycles. The fraction of sp³-hybridized carbons (Fsp3) is 0.875. The van der Waals surface area contributed by atoms with Crippen molar-refractivity contribution in [2.45, 2.75) is 83.6 Å². The molecule has 0 aromatic rings. The van der Waals surface area contributed by atoms with Crippen molar-refractivity contribution in [1.82, 2.24) is 0 Å². The van der Waals surface area contributed by atoms with E-state index in [4.69, 9.17) is 4.43 Å². The Morgan fingerprint density at radius 1 is 0.714 bits per heavy atom. The molecule has 0 aromatic carbocycles. The van der Waals surface area contributed by atoms with Crippen molar-refractivity contribution in [1.29, 1.82) is 0 Å². The molecule has 5 heteroatoms. The number of rotatable bonds is 6. The predicted molar refractivity (Wildman–Crippen MR) is 108 cm³/mol. The third kappa shape index (κ3) is 5.22. The molecule has 0 heterocycles. The van der Waals surface area contributed by atoms with Crippen LogP contribution in [0.15, 0.2) is 12.3 Å². The smallest absolute Gasteiger partial charge is 0.307 e. The van der Waals surface area contributed by atoms with Crippen molar-refractivity contribution < 1.29 is 4.43 Å². The maximum atomic E-state index is 6.21. The van der Waals surface area contributed by atoms with Crippen LogP contribution < -0.4 is 0 Å². The molecule has 0 aromatic heterocycles. The summed E-state index contributed by atoms with van der Waals surface area (Å²) in [6.45, 7) is 29.7. The van der Waals surface area contributed by atoms with Crippen LogP contribution in [0.3, 0.4) is 0 Å². The number of hydrogen-bond donors (Lipinski definition) is 0. The van der Waals surface area contributed by atoms with Gasteiger partial charge in [0.05, 0.1) is 6.26 Å². The summed E-state index contributed by atoms with van der Waals surface area (Å²) in [6, 6.07) is 0. The summed E-state index contributed by atoms with van der Waals surface area (Å²) in [5.74, 6) is 0. The molecule has 0 fully saturated rings. The fourth-order valence-corrected chi connectivity index (χ4v) is 35.7. The van der Waals surface area contributed by atoms with Crippen LogP contribution in [0.4, 0.5) is 0 Å². The van der Waals surface area contributed by atoms with Crippen LogP contribution >= 0.6 is 0 Å². The lowest BCUT2D eigenvalue weighted by Crippen LogP contribution is -2.68. The standard InChI is InChI=1S/C16H38OSi4/c1-15(2,3)13-14-17-18-16(19(4,5)6,20(7,8)9)21(10,11)12/h13-14H,1-12H3/b14-13+. The Hall–Kier alpha value is 0.408. The van der Waals surface area contributed by atoms with E-state index < -0.39 is 24.2 Å². The number of hydrogen-bond acceptors (Lipinski definition) is 1. The van der Waals surface area contributed by atoms with E-state index in [1.54, 1.807) is 0 Å². The maximum absolute atomic E-state index is 6.21. The van der Waals surface area contributed by atoms with Crippen molar-refractivity contribution in [3.05, 3.63) is 12.3 Å². The van der Waals surface area contributed by atoms with E-state index in [0.29, 0.717) is 13.7 Å². The average Bonchev–Trinajstić information content (AvgIpc) is 2.08. The normalized spacial score (nSPS) is 15.6. The van der Waals surface area contributed by atoms with Gasteiger partial charge in [0.25, 0.3) is 0 Å². The maximum Gasteiger partial charge on any atom is 0.307 e. The topological polar surface area (TPSA) is 9.23 Å². The molecule has 0 atom stereocenters. The van der Waals surface area contributed by atoms with Crippen LogP contribution in [0, 0.1) is 5.41 Å². The van der Waals surface area contributed by atoms with Crippen LogP contribution in [0.1, 0.15) is 20.8 Å². The lowest BCUT2D eigenvalue weighted by atomic mass is 9.98. The second-order valence-corrected chi connectivity index (χ2v) is 30.3. The van der Waals surface area contributed by atoms with Gasteiger partial charge in [0, 0.05) is 24.2 Å². The molecule has 0 N–H and O–H groups in total. The first-order valence-corrected chi connectivity index (χ1v) is 19.5. The highest BCUT2D eigenvalue weighted by molar-refractivity contribution is 7.22. The van der Waals surface area contributed by atoms with Gasteiger partial charge in [-0.3, -0.25) is 0 Å². The second-order valence-electron chi connectivity index (χ2n) is 10.4. The molecule has 2 radical (unpaired) electrons. The molecule has 0 aliphatic rings. The highest BCUT2D eigenvalue weighted by Gasteiger charge is 2.61. The summed E-state index contributed by atoms with van der Waals surface area (Å²) in [4.78, 5) is 0. The van der Waals surface area contributed by atoms with Gasteiger partial charge in [-0.15, -0.1) is 0 Å². The Morgan fingerprint density at radius 2 is 1.05 bits per heavy atom. The summed E-state index contributed by atoms with van der Waals surface area (Å²) >= 11 is 0. The Labute approximate surface area is 139 Å². The SMILES string of the molecule is CC(C)(C)/C=C/O[Si]C([Si](C)(C)C)([Si](C)(C)C)[Si](C)(C)C. The third-order valence-corrected chi connectivity index (χ3v) is 32.7. The molecule has 0 saturated heterocycles. The van der Waals surface area contributed by atoms with E-state index in [0.717, 1.165) is 0 Å². The Balaban J connectivity index is 5.60. The quantitative estimate of drug-likeness (QED) is 0.419. The van der Waals surface area contributed by atoms with E-state index in [2.05, 4.69) is 85.8 Å². The van der Waals surface area contributed by atoms with Gasteiger partial charge in [0.15, 0.2) is 0 Å². The Morgan fingerprint density at radius 3 is 1.29 bits per heavy atom. The first-order chi connectivity index (χ1) is 8.96. The van der Waals surface area contributed by atoms with Gasteiger partial charge < -0.3 is 4.43 Å². The van der Waals surface area contributed by atoms with Crippen LogP contribution in [-0.2, 0) is 4.43 Å². The predicted octanol–water partition coefficient (Wildman–Crippen LogP) is 5.97. The van der Waals surface area contributed by atoms with E-state index in [9.17, 15) is 0 Å². The van der Waals surface area contributed by atoms with Crippen molar-refractivity contribution >= 4 is 34.0 Å². The van der Waals surface area contributed by atoms with Gasteiger partial charge in [-0.05, 0) is 15.4 Å². The van der Waals surface area contributed by atoms with Gasteiger partial charge in [-0.2, -0.15) is 0 Å². The molecule has 0 aliphatic heterocycles. The minimum atomic E-state index is -1.33. The fourth-order valence-electron chi connectivity index (χ4n) is 4.19. The largest absolute Gasteiger partial charge is 0.547 e. The Kier molecular flexibility index (Phi) is 6.62. The molecule has 1 nitrogen and oxygen atoms in total. The van der Waals surface area contributed by atoms with E-state index in [-0.39, 0.29) is 5.41 Å². The van der Waals surface area contributed by atoms with E-state index >= 15 is 0 Å². The van der Waals surface area contributed by atoms with Crippen molar-refractivity contribution in [2.24, 2.45) is 5.41 Å². The molecule has 0 spiro atoms. The van der Waals surface area contributed by atoms with Crippen LogP contribution in [0.5, 0.6) is 0 Å². The molecule has 0 unspecified atom stereocenters. The minimum Gasteiger partial charge on any atom is -0.547 e. The summed E-state index contributed by atoms with van der Waals surface area (Å²) < 4.78 is 6.72. The van der Waals surface area contributed by atoms with Gasteiger partial charge in [0.2, 0.25) is 0 Å². The monoisotopic (exact) mass is 358 g/mol. The zero-order chi connectivity index (χ0) is 17.3. The van der Waals surface area contributed by atoms with Crippen molar-refractivity contribution in [3.63, 3.8) is 0 Å². The zero-order valence-corrected chi connectivity index (χ0v) is 20.6. The molecule has 0 bridgehead atoms. The van der Waals surface area contributed by atoms with Crippen molar-refractivity contribution in [2.75, 3.05) is 0 Å². The van der Waals surface area contributed by atoms with Crippen LogP contribution in [0.25, 0.3) is 0 Å². The minimum absolute atomic E-state index is 0.199. The number of allylic oxidation sites excluding steroid dienone is 1. The lowest BCUT2D eigenvalue weighted by molar-refractivity contribution is 0.473. The summed E-state index contributed by atoms with van der Waals surface area (Å²) in [5.41, 5.74) is 0.199. The first-order valence-electron chi connectivity index (χ1n) is 8.06. The highest BCUT2D eigenvalue weighted by atomic mass is 28.5. The van der Waals surface area contributed by atoms with E-state index in [1.807, 2.05) is 6.26 Å². The first kappa shape index (κ1) is 21.4. The van der Waals surface area contributed by atoms with Crippen molar-refractivity contribution in [3.8, 4) is 0 Å². The van der Waals surface area contributed by atoms with E-state index in [1.165, 1.54) is 0 Å². The zero-order valence-electron chi connectivity index (χ0n) is 16.6. The molecule has 21 heavy (non-hydrogen) atoms. The highest BCUT2D eigenvalue weighted by Crippen LogP contribution is 2.52. The summed E-state index contributed by atoms with van der Waals surface area (Å²) in [5, 5.41) is 0. The van der Waals surface area contributed by atoms with Gasteiger partial charge in [0.1, 0.15) is 0 Å². The average molecular weight is 359 g/mol. The summed E-state index contributed by atoms with van der Waals surface area (Å²) in [7, 11) is -3.35. The lowest BCUT2D eigenvalue weighted by Gasteiger charge is -2.57. The Bertz CT molecular complexity index is 326. The van der Waals surface area contributed by atoms with Gasteiger partial charge >= 0.3 is 9.76 Å². The van der Waals surface area contributed by atoms with Crippen LogP contribution in [0.2, 0.25) is 62.8 Å². The molecule has 0 rings (SSSR count). The van der Waals surface area contributed by atoms with Gasteiger partial charge in [-0.1, -0.05) is 79.7 Å². The molecule has 124 valence electrons. The second kappa shape index (κ2) is 6.49. The molecular formula is C16H38OSi4. The van der Waals surface area contributed by atoms with Gasteiger partial charge in [-0.25, -0.2) is 0 Å². The third-order valence-electron chi connectivity index (χ3n) is 4.22. The molecule has 0 amide bonds.